The molecule has 4 heteroatoms. The van der Waals surface area contributed by atoms with Crippen molar-refractivity contribution in [2.24, 2.45) is 5.73 Å². The summed E-state index contributed by atoms with van der Waals surface area (Å²) in [5.41, 5.74) is 5.89. The molecule has 0 atom stereocenters. The minimum atomic E-state index is 0.251. The topological polar surface area (TPSA) is 53.7 Å². The predicted octanol–water partition coefficient (Wildman–Crippen LogP) is 2.35. The van der Waals surface area contributed by atoms with Gasteiger partial charge in [0.25, 0.3) is 0 Å². The summed E-state index contributed by atoms with van der Waals surface area (Å²) in [5, 5.41) is 0. The molecule has 0 aliphatic heterocycles. The molecule has 0 saturated heterocycles. The van der Waals surface area contributed by atoms with E-state index in [1.807, 2.05) is 18.2 Å². The van der Waals surface area contributed by atoms with Crippen molar-refractivity contribution >= 4 is 0 Å². The Kier molecular flexibility index (Phi) is 4.31. The van der Waals surface area contributed by atoms with Crippen molar-refractivity contribution in [3.63, 3.8) is 0 Å². The molecule has 0 aromatic heterocycles. The standard InChI is InChI=1S/C14H21NO3/c1-16-12-7-13(17-2)9-14(8-12)18-11-5-3-10(15)4-6-11/h7-11H,3-6,15H2,1-2H3. The van der Waals surface area contributed by atoms with Gasteiger partial charge in [-0.25, -0.2) is 0 Å². The van der Waals surface area contributed by atoms with Gasteiger partial charge in [-0.3, -0.25) is 0 Å². The number of methoxy groups -OCH3 is 2. The van der Waals surface area contributed by atoms with E-state index in [2.05, 4.69) is 0 Å². The number of hydrogen-bond acceptors (Lipinski definition) is 4. The maximum atomic E-state index is 5.97. The van der Waals surface area contributed by atoms with Crippen molar-refractivity contribution in [3.8, 4) is 17.2 Å². The van der Waals surface area contributed by atoms with E-state index in [1.54, 1.807) is 14.2 Å². The smallest absolute Gasteiger partial charge is 0.127 e. The van der Waals surface area contributed by atoms with E-state index in [1.165, 1.54) is 0 Å². The number of ether oxygens (including phenoxy) is 3. The summed E-state index contributed by atoms with van der Waals surface area (Å²) in [6.07, 6.45) is 4.35. The highest BCUT2D eigenvalue weighted by molar-refractivity contribution is 5.42. The summed E-state index contributed by atoms with van der Waals surface area (Å²) in [6.45, 7) is 0. The van der Waals surface area contributed by atoms with E-state index in [0.717, 1.165) is 42.9 Å². The van der Waals surface area contributed by atoms with Gasteiger partial charge in [-0.15, -0.1) is 0 Å². The van der Waals surface area contributed by atoms with Gasteiger partial charge >= 0.3 is 0 Å². The van der Waals surface area contributed by atoms with Crippen LogP contribution in [-0.4, -0.2) is 26.4 Å². The normalized spacial score (nSPS) is 23.5. The lowest BCUT2D eigenvalue weighted by atomic mass is 9.94. The molecule has 0 bridgehead atoms. The van der Waals surface area contributed by atoms with Crippen LogP contribution in [0.15, 0.2) is 18.2 Å². The quantitative estimate of drug-likeness (QED) is 0.892. The highest BCUT2D eigenvalue weighted by Crippen LogP contribution is 2.30. The zero-order valence-corrected chi connectivity index (χ0v) is 11.0. The Balaban J connectivity index is 2.03. The van der Waals surface area contributed by atoms with Gasteiger partial charge in [-0.1, -0.05) is 0 Å². The van der Waals surface area contributed by atoms with Crippen LogP contribution >= 0.6 is 0 Å². The highest BCUT2D eigenvalue weighted by Gasteiger charge is 2.20. The average Bonchev–Trinajstić information content (AvgIpc) is 2.41. The van der Waals surface area contributed by atoms with Crippen molar-refractivity contribution in [1.29, 1.82) is 0 Å². The molecule has 1 saturated carbocycles. The van der Waals surface area contributed by atoms with Crippen LogP contribution in [-0.2, 0) is 0 Å². The first kappa shape index (κ1) is 13.0. The Labute approximate surface area is 108 Å². The molecule has 100 valence electrons. The Hall–Kier alpha value is -1.42. The lowest BCUT2D eigenvalue weighted by Crippen LogP contribution is -2.31. The van der Waals surface area contributed by atoms with Crippen molar-refractivity contribution in [2.75, 3.05) is 14.2 Å². The summed E-state index contributed by atoms with van der Waals surface area (Å²) in [4.78, 5) is 0. The summed E-state index contributed by atoms with van der Waals surface area (Å²) < 4.78 is 16.4. The van der Waals surface area contributed by atoms with Gasteiger partial charge < -0.3 is 19.9 Å². The number of rotatable bonds is 4. The first-order valence-corrected chi connectivity index (χ1v) is 6.36. The second-order valence-electron chi connectivity index (χ2n) is 4.70. The number of benzene rings is 1. The Morgan fingerprint density at radius 1 is 0.889 bits per heavy atom. The molecule has 0 amide bonds. The van der Waals surface area contributed by atoms with Crippen LogP contribution in [0, 0.1) is 0 Å². The summed E-state index contributed by atoms with van der Waals surface area (Å²) in [7, 11) is 3.27. The summed E-state index contributed by atoms with van der Waals surface area (Å²) >= 11 is 0. The zero-order valence-electron chi connectivity index (χ0n) is 11.0. The largest absolute Gasteiger partial charge is 0.496 e. The SMILES string of the molecule is COc1cc(OC)cc(OC2CCC(N)CC2)c1. The van der Waals surface area contributed by atoms with E-state index >= 15 is 0 Å². The molecule has 18 heavy (non-hydrogen) atoms. The molecular weight excluding hydrogens is 230 g/mol. The Morgan fingerprint density at radius 2 is 1.39 bits per heavy atom. The fraction of sp³-hybridized carbons (Fsp3) is 0.571. The lowest BCUT2D eigenvalue weighted by Gasteiger charge is -2.27. The maximum absolute atomic E-state index is 5.97. The highest BCUT2D eigenvalue weighted by atomic mass is 16.5. The zero-order chi connectivity index (χ0) is 13.0. The lowest BCUT2D eigenvalue weighted by molar-refractivity contribution is 0.146. The van der Waals surface area contributed by atoms with Crippen LogP contribution in [0.4, 0.5) is 0 Å². The predicted molar refractivity (Wildman–Crippen MR) is 70.4 cm³/mol. The van der Waals surface area contributed by atoms with Gasteiger partial charge in [0, 0.05) is 24.2 Å². The molecule has 0 radical (unpaired) electrons. The van der Waals surface area contributed by atoms with E-state index in [4.69, 9.17) is 19.9 Å². The van der Waals surface area contributed by atoms with Crippen molar-refractivity contribution in [2.45, 2.75) is 37.8 Å². The molecule has 1 fully saturated rings. The van der Waals surface area contributed by atoms with Crippen molar-refractivity contribution in [1.82, 2.24) is 0 Å². The molecule has 1 aromatic rings. The number of hydrogen-bond donors (Lipinski definition) is 1. The first-order valence-electron chi connectivity index (χ1n) is 6.36. The molecule has 0 heterocycles. The third-order valence-corrected chi connectivity index (χ3v) is 3.35. The maximum Gasteiger partial charge on any atom is 0.127 e. The van der Waals surface area contributed by atoms with E-state index < -0.39 is 0 Å². The third-order valence-electron chi connectivity index (χ3n) is 3.35. The minimum absolute atomic E-state index is 0.251. The Bertz CT molecular complexity index is 364. The second-order valence-corrected chi connectivity index (χ2v) is 4.70. The van der Waals surface area contributed by atoms with Crippen molar-refractivity contribution in [3.05, 3.63) is 18.2 Å². The van der Waals surface area contributed by atoms with Gasteiger partial charge in [-0.05, 0) is 25.7 Å². The van der Waals surface area contributed by atoms with Gasteiger partial charge in [0.1, 0.15) is 17.2 Å². The van der Waals surface area contributed by atoms with E-state index in [9.17, 15) is 0 Å². The van der Waals surface area contributed by atoms with Crippen LogP contribution in [0.2, 0.25) is 0 Å². The first-order chi connectivity index (χ1) is 8.71. The average molecular weight is 251 g/mol. The second kappa shape index (κ2) is 5.96. The Morgan fingerprint density at radius 3 is 1.89 bits per heavy atom. The molecule has 2 rings (SSSR count). The van der Waals surface area contributed by atoms with Gasteiger partial charge in [0.05, 0.1) is 20.3 Å². The monoisotopic (exact) mass is 251 g/mol. The summed E-state index contributed by atoms with van der Waals surface area (Å²) in [6, 6.07) is 5.95. The molecule has 4 nitrogen and oxygen atoms in total. The fourth-order valence-electron chi connectivity index (χ4n) is 2.25. The van der Waals surface area contributed by atoms with Crippen LogP contribution in [0.25, 0.3) is 0 Å². The van der Waals surface area contributed by atoms with E-state index in [-0.39, 0.29) is 6.10 Å². The number of nitrogens with two attached hydrogens (primary N) is 1. The fourth-order valence-corrected chi connectivity index (χ4v) is 2.25. The molecule has 0 spiro atoms. The third kappa shape index (κ3) is 3.29. The van der Waals surface area contributed by atoms with Crippen LogP contribution < -0.4 is 19.9 Å². The molecular formula is C14H21NO3. The molecule has 2 N–H and O–H groups in total. The molecule has 1 aliphatic carbocycles. The summed E-state index contributed by atoms with van der Waals surface area (Å²) in [5.74, 6) is 2.29. The molecule has 1 aromatic carbocycles. The molecule has 0 unspecified atom stereocenters. The van der Waals surface area contributed by atoms with Crippen LogP contribution in [0.3, 0.4) is 0 Å². The van der Waals surface area contributed by atoms with E-state index in [0.29, 0.717) is 6.04 Å². The van der Waals surface area contributed by atoms with Crippen molar-refractivity contribution < 1.29 is 14.2 Å². The van der Waals surface area contributed by atoms with Gasteiger partial charge in [0.15, 0.2) is 0 Å². The van der Waals surface area contributed by atoms with Gasteiger partial charge in [-0.2, -0.15) is 0 Å². The van der Waals surface area contributed by atoms with Crippen LogP contribution in [0.1, 0.15) is 25.7 Å². The van der Waals surface area contributed by atoms with Crippen LogP contribution in [0.5, 0.6) is 17.2 Å². The van der Waals surface area contributed by atoms with Gasteiger partial charge in [0.2, 0.25) is 0 Å². The minimum Gasteiger partial charge on any atom is -0.496 e. The molecule has 1 aliphatic rings.